The van der Waals surface area contributed by atoms with Crippen molar-refractivity contribution in [2.45, 2.75) is 20.8 Å². The minimum absolute atomic E-state index is 0.123. The van der Waals surface area contributed by atoms with Crippen LogP contribution in [0.5, 0.6) is 0 Å². The van der Waals surface area contributed by atoms with Crippen molar-refractivity contribution < 1.29 is 14.2 Å². The van der Waals surface area contributed by atoms with Crippen molar-refractivity contribution >= 4 is 35.1 Å². The Morgan fingerprint density at radius 2 is 1.25 bits per heavy atom. The molecule has 0 heterocycles. The van der Waals surface area contributed by atoms with E-state index in [1.54, 1.807) is 81.4 Å². The normalized spacial score (nSPS) is 13.0. The van der Waals surface area contributed by atoms with E-state index in [1.807, 2.05) is 6.07 Å². The molecule has 0 saturated heterocycles. The molecule has 0 amide bonds. The van der Waals surface area contributed by atoms with Crippen LogP contribution in [0.4, 0.5) is 0 Å². The molecule has 3 aromatic carbocycles. The fourth-order valence-corrected chi connectivity index (χ4v) is 6.69. The molecule has 28 heavy (non-hydrogen) atoms. The number of carbonyl (C=O) groups is 2. The lowest BCUT2D eigenvalue weighted by molar-refractivity contribution is 0.104. The van der Waals surface area contributed by atoms with Gasteiger partial charge in [0.25, 0.3) is 0 Å². The van der Waals surface area contributed by atoms with Gasteiger partial charge in [0.2, 0.25) is 18.2 Å². The van der Waals surface area contributed by atoms with E-state index in [1.165, 1.54) is 0 Å². The number of hydrogen-bond donors (Lipinski definition) is 0. The summed E-state index contributed by atoms with van der Waals surface area (Å²) >= 11 is 6.38. The molecule has 0 aromatic heterocycles. The number of benzene rings is 3. The van der Waals surface area contributed by atoms with Crippen molar-refractivity contribution in [2.24, 2.45) is 0 Å². The first kappa shape index (κ1) is 20.3. The van der Waals surface area contributed by atoms with E-state index in [-0.39, 0.29) is 15.9 Å². The van der Waals surface area contributed by atoms with Gasteiger partial charge in [0.1, 0.15) is 0 Å². The molecule has 0 aliphatic carbocycles. The number of hydrogen-bond acceptors (Lipinski definition) is 3. The molecule has 0 spiro atoms. The Labute approximate surface area is 169 Å². The SMILES string of the molecule is Cc1cccc(C)c1C(=O)P(=O)(C(=O)c1ccccc1)c1c(C)cccc1Cl. The minimum Gasteiger partial charge on any atom is -0.302 e. The van der Waals surface area contributed by atoms with Crippen molar-refractivity contribution in [1.82, 2.24) is 0 Å². The zero-order valence-corrected chi connectivity index (χ0v) is 17.6. The Morgan fingerprint density at radius 3 is 1.82 bits per heavy atom. The summed E-state index contributed by atoms with van der Waals surface area (Å²) < 4.78 is 14.4. The molecular formula is C23H20ClO3P. The van der Waals surface area contributed by atoms with Gasteiger partial charge in [-0.1, -0.05) is 72.3 Å². The van der Waals surface area contributed by atoms with Crippen LogP contribution < -0.4 is 5.30 Å². The zero-order valence-electron chi connectivity index (χ0n) is 15.9. The van der Waals surface area contributed by atoms with Crippen molar-refractivity contribution in [3.05, 3.63) is 99.6 Å². The molecule has 3 aromatic rings. The van der Waals surface area contributed by atoms with Gasteiger partial charge in [-0.2, -0.15) is 0 Å². The largest absolute Gasteiger partial charge is 0.302 e. The van der Waals surface area contributed by atoms with Crippen LogP contribution >= 0.6 is 18.7 Å². The van der Waals surface area contributed by atoms with Gasteiger partial charge in [-0.15, -0.1) is 0 Å². The van der Waals surface area contributed by atoms with Crippen LogP contribution in [0.1, 0.15) is 37.4 Å². The van der Waals surface area contributed by atoms with E-state index in [0.717, 1.165) is 0 Å². The highest BCUT2D eigenvalue weighted by atomic mass is 35.5. The first-order chi connectivity index (χ1) is 13.3. The molecule has 0 radical (unpaired) electrons. The first-order valence-corrected chi connectivity index (χ1v) is 10.9. The third-order valence-electron chi connectivity index (χ3n) is 4.79. The van der Waals surface area contributed by atoms with E-state index in [9.17, 15) is 14.2 Å². The molecule has 0 aliphatic rings. The maximum Gasteiger partial charge on any atom is 0.250 e. The summed E-state index contributed by atoms with van der Waals surface area (Å²) in [4.78, 5) is 27.2. The molecule has 0 aliphatic heterocycles. The minimum atomic E-state index is -4.24. The highest BCUT2D eigenvalue weighted by Crippen LogP contribution is 2.53. The second-order valence-electron chi connectivity index (χ2n) is 6.76. The van der Waals surface area contributed by atoms with E-state index in [2.05, 4.69) is 0 Å². The van der Waals surface area contributed by atoms with Gasteiger partial charge in [-0.3, -0.25) is 9.59 Å². The summed E-state index contributed by atoms with van der Waals surface area (Å²) in [5.74, 6) is 0. The van der Waals surface area contributed by atoms with Crippen LogP contribution in [0.2, 0.25) is 5.02 Å². The summed E-state index contributed by atoms with van der Waals surface area (Å²) in [6.07, 6.45) is 0. The smallest absolute Gasteiger partial charge is 0.250 e. The molecule has 5 heteroatoms. The molecule has 1 atom stereocenters. The van der Waals surface area contributed by atoms with Gasteiger partial charge in [0.05, 0.1) is 5.02 Å². The molecule has 1 unspecified atom stereocenters. The molecular weight excluding hydrogens is 391 g/mol. The van der Waals surface area contributed by atoms with Crippen molar-refractivity contribution in [1.29, 1.82) is 0 Å². The molecule has 3 rings (SSSR count). The molecule has 0 N–H and O–H groups in total. The lowest BCUT2D eigenvalue weighted by Gasteiger charge is -2.21. The van der Waals surface area contributed by atoms with E-state index in [0.29, 0.717) is 22.3 Å². The fourth-order valence-electron chi connectivity index (χ4n) is 3.39. The second-order valence-corrected chi connectivity index (χ2v) is 9.64. The van der Waals surface area contributed by atoms with Gasteiger partial charge in [-0.25, -0.2) is 0 Å². The Morgan fingerprint density at radius 1 is 0.714 bits per heavy atom. The maximum atomic E-state index is 14.4. The van der Waals surface area contributed by atoms with Crippen LogP contribution in [-0.4, -0.2) is 11.0 Å². The molecule has 0 saturated carbocycles. The van der Waals surface area contributed by atoms with Crippen LogP contribution in [-0.2, 0) is 4.57 Å². The van der Waals surface area contributed by atoms with E-state index in [4.69, 9.17) is 11.6 Å². The third-order valence-corrected chi connectivity index (χ3v) is 8.09. The predicted molar refractivity (Wildman–Crippen MR) is 114 cm³/mol. The van der Waals surface area contributed by atoms with Gasteiger partial charge in [0, 0.05) is 16.4 Å². The Hall–Kier alpha value is -2.48. The number of carbonyl (C=O) groups excluding carboxylic acids is 2. The van der Waals surface area contributed by atoms with Crippen LogP contribution in [0.25, 0.3) is 0 Å². The van der Waals surface area contributed by atoms with Crippen molar-refractivity contribution in [3.63, 3.8) is 0 Å². The summed E-state index contributed by atoms with van der Waals surface area (Å²) in [6, 6.07) is 18.6. The Bertz CT molecular complexity index is 1080. The maximum absolute atomic E-state index is 14.4. The zero-order chi connectivity index (χ0) is 20.5. The number of aryl methyl sites for hydroxylation is 3. The van der Waals surface area contributed by atoms with Gasteiger partial charge in [-0.05, 0) is 43.5 Å². The highest BCUT2D eigenvalue weighted by Gasteiger charge is 2.45. The Balaban J connectivity index is 2.34. The predicted octanol–water partition coefficient (Wildman–Crippen LogP) is 5.93. The summed E-state index contributed by atoms with van der Waals surface area (Å²) in [5.41, 5.74) is 1.08. The van der Waals surface area contributed by atoms with Crippen LogP contribution in [0.3, 0.4) is 0 Å². The molecule has 142 valence electrons. The van der Waals surface area contributed by atoms with Gasteiger partial charge in [0.15, 0.2) is 0 Å². The van der Waals surface area contributed by atoms with Crippen molar-refractivity contribution in [2.75, 3.05) is 0 Å². The Kier molecular flexibility index (Phi) is 5.69. The second kappa shape index (κ2) is 7.87. The van der Waals surface area contributed by atoms with Gasteiger partial charge >= 0.3 is 0 Å². The fraction of sp³-hybridized carbons (Fsp3) is 0.130. The van der Waals surface area contributed by atoms with E-state index >= 15 is 0 Å². The average molecular weight is 411 g/mol. The summed E-state index contributed by atoms with van der Waals surface area (Å²) in [6.45, 7) is 5.26. The topological polar surface area (TPSA) is 51.2 Å². The summed E-state index contributed by atoms with van der Waals surface area (Å²) in [7, 11) is -4.24. The average Bonchev–Trinajstić information content (AvgIpc) is 2.67. The van der Waals surface area contributed by atoms with Crippen molar-refractivity contribution in [3.8, 4) is 0 Å². The number of rotatable bonds is 5. The highest BCUT2D eigenvalue weighted by molar-refractivity contribution is 8.01. The summed E-state index contributed by atoms with van der Waals surface area (Å²) in [5, 5.41) is 0.283. The first-order valence-electron chi connectivity index (χ1n) is 8.85. The van der Waals surface area contributed by atoms with E-state index < -0.39 is 18.2 Å². The monoisotopic (exact) mass is 410 g/mol. The molecule has 3 nitrogen and oxygen atoms in total. The lowest BCUT2D eigenvalue weighted by atomic mass is 10.0. The molecule has 0 fully saturated rings. The lowest BCUT2D eigenvalue weighted by Crippen LogP contribution is -2.24. The number of halogens is 1. The standard InChI is InChI=1S/C23H20ClO3P/c1-15-9-7-10-16(2)20(15)23(26)28(27,21-17(3)11-8-14-19(21)24)22(25)18-12-5-4-6-13-18/h4-14H,1-3H3. The van der Waals surface area contributed by atoms with Gasteiger partial charge < -0.3 is 4.57 Å². The molecule has 0 bridgehead atoms. The quantitative estimate of drug-likeness (QED) is 0.489. The van der Waals surface area contributed by atoms with Crippen LogP contribution in [0.15, 0.2) is 66.7 Å². The third kappa shape index (κ3) is 3.37. The van der Waals surface area contributed by atoms with Crippen LogP contribution in [0, 0.1) is 20.8 Å².